The molecule has 0 radical (unpaired) electrons. The maximum Gasteiger partial charge on any atom is 0.00677 e. The van der Waals surface area contributed by atoms with Crippen molar-refractivity contribution in [2.24, 2.45) is 11.1 Å². The highest BCUT2D eigenvalue weighted by atomic mass is 15.0. The summed E-state index contributed by atoms with van der Waals surface area (Å²) in [5, 5.41) is 3.53. The first-order valence-electron chi connectivity index (χ1n) is 4.28. The average Bonchev–Trinajstić information content (AvgIpc) is 2.08. The second-order valence-corrected chi connectivity index (χ2v) is 3.86. The van der Waals surface area contributed by atoms with Gasteiger partial charge in [-0.15, -0.1) is 0 Å². The monoisotopic (exact) mass is 140 g/mol. The van der Waals surface area contributed by atoms with E-state index in [1.165, 1.54) is 32.2 Å². The van der Waals surface area contributed by atoms with Crippen LogP contribution in [0, 0.1) is 5.41 Å². The van der Waals surface area contributed by atoms with Gasteiger partial charge in [-0.2, -0.15) is 0 Å². The van der Waals surface area contributed by atoms with Gasteiger partial charge in [0.1, 0.15) is 0 Å². The summed E-state index contributed by atoms with van der Waals surface area (Å²) in [5.74, 6) is 0. The molecule has 3 rings (SSSR count). The quantitative estimate of drug-likeness (QED) is 0.556. The zero-order valence-electron chi connectivity index (χ0n) is 6.40. The maximum absolute atomic E-state index is 5.73. The number of nitrogens with one attached hydrogen (secondary N) is 1. The number of nitrogens with two attached hydrogens (primary N) is 1. The molecule has 0 amide bonds. The van der Waals surface area contributed by atoms with Crippen molar-refractivity contribution in [2.75, 3.05) is 13.1 Å². The standard InChI is InChI=1S/C8H16N2/c9-5-8-3-1-7(2-4-8)10-6-8/h7,10H,1-6,9H2. The lowest BCUT2D eigenvalue weighted by Crippen LogP contribution is -2.54. The SMILES string of the molecule is NCC12CCC(CC1)NC2. The second-order valence-electron chi connectivity index (χ2n) is 3.86. The summed E-state index contributed by atoms with van der Waals surface area (Å²) in [6.45, 7) is 2.06. The minimum atomic E-state index is 0.495. The fourth-order valence-corrected chi connectivity index (χ4v) is 2.25. The van der Waals surface area contributed by atoms with Gasteiger partial charge in [0.05, 0.1) is 0 Å². The van der Waals surface area contributed by atoms with Crippen molar-refractivity contribution in [3.8, 4) is 0 Å². The van der Waals surface area contributed by atoms with E-state index < -0.39 is 0 Å². The van der Waals surface area contributed by atoms with E-state index in [4.69, 9.17) is 5.73 Å². The summed E-state index contributed by atoms with van der Waals surface area (Å²) in [7, 11) is 0. The molecule has 2 aliphatic heterocycles. The zero-order valence-corrected chi connectivity index (χ0v) is 6.40. The molecule has 0 atom stereocenters. The molecular weight excluding hydrogens is 124 g/mol. The molecule has 2 heterocycles. The maximum atomic E-state index is 5.73. The van der Waals surface area contributed by atoms with E-state index >= 15 is 0 Å². The topological polar surface area (TPSA) is 38.0 Å². The van der Waals surface area contributed by atoms with Crippen molar-refractivity contribution in [1.82, 2.24) is 5.32 Å². The molecule has 0 aromatic carbocycles. The van der Waals surface area contributed by atoms with E-state index in [0.29, 0.717) is 5.41 Å². The number of hydrogen-bond donors (Lipinski definition) is 2. The summed E-state index contributed by atoms with van der Waals surface area (Å²) >= 11 is 0. The van der Waals surface area contributed by atoms with Crippen LogP contribution in [0.5, 0.6) is 0 Å². The van der Waals surface area contributed by atoms with Gasteiger partial charge in [0.15, 0.2) is 0 Å². The van der Waals surface area contributed by atoms with Crippen LogP contribution in [0.25, 0.3) is 0 Å². The second kappa shape index (κ2) is 2.21. The van der Waals surface area contributed by atoms with Crippen molar-refractivity contribution in [3.63, 3.8) is 0 Å². The summed E-state index contributed by atoms with van der Waals surface area (Å²) in [4.78, 5) is 0. The molecule has 58 valence electrons. The highest BCUT2D eigenvalue weighted by Gasteiger charge is 2.38. The summed E-state index contributed by atoms with van der Waals surface area (Å²) in [6, 6.07) is 0.827. The van der Waals surface area contributed by atoms with Crippen molar-refractivity contribution in [3.05, 3.63) is 0 Å². The van der Waals surface area contributed by atoms with E-state index in [-0.39, 0.29) is 0 Å². The third kappa shape index (κ3) is 0.867. The Morgan fingerprint density at radius 3 is 2.40 bits per heavy atom. The number of piperidine rings is 2. The first-order valence-corrected chi connectivity index (χ1v) is 4.28. The average molecular weight is 140 g/mol. The van der Waals surface area contributed by atoms with Gasteiger partial charge in [0.2, 0.25) is 0 Å². The Hall–Kier alpha value is -0.0800. The first-order chi connectivity index (χ1) is 4.85. The molecule has 3 N–H and O–H groups in total. The van der Waals surface area contributed by atoms with Crippen molar-refractivity contribution < 1.29 is 0 Å². The van der Waals surface area contributed by atoms with Gasteiger partial charge < -0.3 is 11.1 Å². The highest BCUT2D eigenvalue weighted by molar-refractivity contribution is 4.96. The van der Waals surface area contributed by atoms with Gasteiger partial charge in [-0.1, -0.05) is 0 Å². The Labute approximate surface area is 62.2 Å². The van der Waals surface area contributed by atoms with E-state index in [1.807, 2.05) is 0 Å². The van der Waals surface area contributed by atoms with Gasteiger partial charge in [-0.25, -0.2) is 0 Å². The van der Waals surface area contributed by atoms with Gasteiger partial charge in [-0.05, 0) is 37.6 Å². The van der Waals surface area contributed by atoms with Crippen molar-refractivity contribution in [2.45, 2.75) is 31.7 Å². The molecule has 10 heavy (non-hydrogen) atoms. The smallest absolute Gasteiger partial charge is 0.00677 e. The van der Waals surface area contributed by atoms with E-state index in [2.05, 4.69) is 5.32 Å². The zero-order chi connectivity index (χ0) is 7.03. The molecule has 0 aromatic heterocycles. The molecule has 2 saturated heterocycles. The molecule has 1 aliphatic carbocycles. The molecule has 3 fully saturated rings. The van der Waals surface area contributed by atoms with Crippen LogP contribution in [0.3, 0.4) is 0 Å². The van der Waals surface area contributed by atoms with Crippen LogP contribution in [0.2, 0.25) is 0 Å². The van der Waals surface area contributed by atoms with Crippen LogP contribution in [-0.4, -0.2) is 19.1 Å². The molecule has 0 spiro atoms. The lowest BCUT2D eigenvalue weighted by molar-refractivity contribution is 0.105. The summed E-state index contributed by atoms with van der Waals surface area (Å²) in [5.41, 5.74) is 6.23. The summed E-state index contributed by atoms with van der Waals surface area (Å²) in [6.07, 6.45) is 5.44. The molecule has 2 heteroatoms. The predicted molar refractivity (Wildman–Crippen MR) is 41.7 cm³/mol. The predicted octanol–water partition coefficient (Wildman–Crippen LogP) is 0.477. The number of fused-ring (bicyclic) bond motifs is 3. The van der Waals surface area contributed by atoms with Gasteiger partial charge in [0.25, 0.3) is 0 Å². The number of hydrogen-bond acceptors (Lipinski definition) is 2. The van der Waals surface area contributed by atoms with Crippen LogP contribution >= 0.6 is 0 Å². The Morgan fingerprint density at radius 2 is 2.10 bits per heavy atom. The first kappa shape index (κ1) is 6.62. The van der Waals surface area contributed by atoms with Crippen LogP contribution in [-0.2, 0) is 0 Å². The van der Waals surface area contributed by atoms with Crippen LogP contribution in [0.4, 0.5) is 0 Å². The minimum Gasteiger partial charge on any atom is -0.330 e. The highest BCUT2D eigenvalue weighted by Crippen LogP contribution is 2.38. The summed E-state index contributed by atoms with van der Waals surface area (Å²) < 4.78 is 0. The molecule has 1 saturated carbocycles. The van der Waals surface area contributed by atoms with E-state index in [9.17, 15) is 0 Å². The third-order valence-corrected chi connectivity index (χ3v) is 3.25. The molecule has 2 nitrogen and oxygen atoms in total. The molecule has 3 aliphatic rings. The van der Waals surface area contributed by atoms with Crippen molar-refractivity contribution >= 4 is 0 Å². The van der Waals surface area contributed by atoms with Gasteiger partial charge >= 0.3 is 0 Å². The molecule has 0 aromatic rings. The molecule has 2 bridgehead atoms. The Bertz CT molecular complexity index is 111. The largest absolute Gasteiger partial charge is 0.330 e. The fraction of sp³-hybridized carbons (Fsp3) is 1.00. The number of rotatable bonds is 1. The minimum absolute atomic E-state index is 0.495. The van der Waals surface area contributed by atoms with Gasteiger partial charge in [0, 0.05) is 12.6 Å². The van der Waals surface area contributed by atoms with E-state index in [1.54, 1.807) is 0 Å². The molecule has 0 unspecified atom stereocenters. The van der Waals surface area contributed by atoms with Crippen LogP contribution < -0.4 is 11.1 Å². The normalized spacial score (nSPS) is 45.9. The fourth-order valence-electron chi connectivity index (χ4n) is 2.25. The lowest BCUT2D eigenvalue weighted by atomic mass is 9.69. The Kier molecular flexibility index (Phi) is 1.46. The Balaban J connectivity index is 2.08. The third-order valence-electron chi connectivity index (χ3n) is 3.25. The van der Waals surface area contributed by atoms with E-state index in [0.717, 1.165) is 12.6 Å². The van der Waals surface area contributed by atoms with Crippen LogP contribution in [0.15, 0.2) is 0 Å². The van der Waals surface area contributed by atoms with Crippen LogP contribution in [0.1, 0.15) is 25.7 Å². The van der Waals surface area contributed by atoms with Gasteiger partial charge in [-0.3, -0.25) is 0 Å². The van der Waals surface area contributed by atoms with Crippen molar-refractivity contribution in [1.29, 1.82) is 0 Å². The lowest BCUT2D eigenvalue weighted by Gasteiger charge is -2.46. The Morgan fingerprint density at radius 1 is 1.40 bits per heavy atom. The molecular formula is C8H16N2.